The molecule has 1 aliphatic heterocycles. The molecule has 2 heterocycles. The molecule has 2 rings (SSSR count). The topological polar surface area (TPSA) is 29.1 Å². The summed E-state index contributed by atoms with van der Waals surface area (Å²) >= 11 is 1.72. The standard InChI is InChI=1S/C12H15NOS/c14-12-6-2-1-4-10(13-12)7-8-11-5-3-9-15-11/h3,5,7-10H,1-2,4,6H2,(H,13,14)/b8-7+. The smallest absolute Gasteiger partial charge is 0.220 e. The van der Waals surface area contributed by atoms with Gasteiger partial charge in [-0.15, -0.1) is 11.3 Å². The third-order valence-electron chi connectivity index (χ3n) is 2.55. The lowest BCUT2D eigenvalue weighted by atomic mass is 10.1. The summed E-state index contributed by atoms with van der Waals surface area (Å²) < 4.78 is 0. The summed E-state index contributed by atoms with van der Waals surface area (Å²) in [4.78, 5) is 12.6. The van der Waals surface area contributed by atoms with Crippen molar-refractivity contribution in [1.82, 2.24) is 5.32 Å². The monoisotopic (exact) mass is 221 g/mol. The van der Waals surface area contributed by atoms with E-state index in [1.807, 2.05) is 6.07 Å². The van der Waals surface area contributed by atoms with Crippen LogP contribution in [-0.2, 0) is 4.79 Å². The van der Waals surface area contributed by atoms with Crippen LogP contribution in [0.25, 0.3) is 6.08 Å². The molecule has 0 spiro atoms. The molecule has 0 radical (unpaired) electrons. The summed E-state index contributed by atoms with van der Waals surface area (Å²) in [5.74, 6) is 0.188. The Hall–Kier alpha value is -1.09. The van der Waals surface area contributed by atoms with E-state index in [-0.39, 0.29) is 11.9 Å². The van der Waals surface area contributed by atoms with Crippen LogP contribution in [0.5, 0.6) is 0 Å². The lowest BCUT2D eigenvalue weighted by Crippen LogP contribution is -2.30. The van der Waals surface area contributed by atoms with E-state index in [1.165, 1.54) is 4.88 Å². The molecule has 15 heavy (non-hydrogen) atoms. The molecule has 0 saturated carbocycles. The van der Waals surface area contributed by atoms with Crippen LogP contribution in [0.4, 0.5) is 0 Å². The van der Waals surface area contributed by atoms with Crippen LogP contribution in [0.1, 0.15) is 30.6 Å². The maximum Gasteiger partial charge on any atom is 0.220 e. The maximum absolute atomic E-state index is 11.3. The molecule has 1 fully saturated rings. The van der Waals surface area contributed by atoms with Crippen molar-refractivity contribution in [2.24, 2.45) is 0 Å². The maximum atomic E-state index is 11.3. The molecule has 2 nitrogen and oxygen atoms in total. The van der Waals surface area contributed by atoms with Crippen LogP contribution in [0.15, 0.2) is 23.6 Å². The molecular formula is C12H15NOS. The zero-order valence-corrected chi connectivity index (χ0v) is 9.43. The van der Waals surface area contributed by atoms with Crippen LogP contribution >= 0.6 is 11.3 Å². The Kier molecular flexibility index (Phi) is 3.56. The van der Waals surface area contributed by atoms with E-state index in [0.717, 1.165) is 19.3 Å². The van der Waals surface area contributed by atoms with Crippen LogP contribution in [-0.4, -0.2) is 11.9 Å². The first-order chi connectivity index (χ1) is 7.34. The number of hydrogen-bond donors (Lipinski definition) is 1. The van der Waals surface area contributed by atoms with E-state index in [4.69, 9.17) is 0 Å². The van der Waals surface area contributed by atoms with Gasteiger partial charge in [0.25, 0.3) is 0 Å². The SMILES string of the molecule is O=C1CCCCC(/C=C/c2cccs2)N1. The molecule has 1 aromatic heterocycles. The second kappa shape index (κ2) is 5.12. The molecule has 3 heteroatoms. The Balaban J connectivity index is 1.95. The van der Waals surface area contributed by atoms with Gasteiger partial charge in [0.2, 0.25) is 5.91 Å². The fourth-order valence-corrected chi connectivity index (χ4v) is 2.37. The minimum Gasteiger partial charge on any atom is -0.350 e. The highest BCUT2D eigenvalue weighted by molar-refractivity contribution is 7.10. The molecule has 0 bridgehead atoms. The van der Waals surface area contributed by atoms with Crippen molar-refractivity contribution in [1.29, 1.82) is 0 Å². The van der Waals surface area contributed by atoms with Gasteiger partial charge in [-0.25, -0.2) is 0 Å². The molecule has 0 aliphatic carbocycles. The van der Waals surface area contributed by atoms with Crippen molar-refractivity contribution in [3.63, 3.8) is 0 Å². The number of nitrogens with one attached hydrogen (secondary N) is 1. The van der Waals surface area contributed by atoms with Gasteiger partial charge in [-0.05, 0) is 30.4 Å². The fraction of sp³-hybridized carbons (Fsp3) is 0.417. The largest absolute Gasteiger partial charge is 0.350 e. The molecule has 1 amide bonds. The summed E-state index contributed by atoms with van der Waals surface area (Å²) in [5.41, 5.74) is 0. The third-order valence-corrected chi connectivity index (χ3v) is 3.39. The summed E-state index contributed by atoms with van der Waals surface area (Å²) in [6, 6.07) is 4.34. The molecule has 1 unspecified atom stereocenters. The van der Waals surface area contributed by atoms with Gasteiger partial charge >= 0.3 is 0 Å². The van der Waals surface area contributed by atoms with Gasteiger partial charge in [0.05, 0.1) is 0 Å². The first kappa shape index (κ1) is 10.4. The van der Waals surface area contributed by atoms with Crippen LogP contribution in [0.3, 0.4) is 0 Å². The third kappa shape index (κ3) is 3.20. The van der Waals surface area contributed by atoms with Crippen molar-refractivity contribution in [3.8, 4) is 0 Å². The van der Waals surface area contributed by atoms with Crippen molar-refractivity contribution in [2.75, 3.05) is 0 Å². The highest BCUT2D eigenvalue weighted by atomic mass is 32.1. The first-order valence-corrected chi connectivity index (χ1v) is 6.23. The van der Waals surface area contributed by atoms with E-state index < -0.39 is 0 Å². The van der Waals surface area contributed by atoms with Gasteiger partial charge in [0.15, 0.2) is 0 Å². The van der Waals surface area contributed by atoms with Crippen LogP contribution < -0.4 is 5.32 Å². The summed E-state index contributed by atoms with van der Waals surface area (Å²) in [7, 11) is 0. The van der Waals surface area contributed by atoms with Gasteiger partial charge in [-0.1, -0.05) is 18.6 Å². The molecule has 1 aromatic rings. The quantitative estimate of drug-likeness (QED) is 0.817. The van der Waals surface area contributed by atoms with Crippen molar-refractivity contribution >= 4 is 23.3 Å². The van der Waals surface area contributed by atoms with Gasteiger partial charge in [-0.3, -0.25) is 4.79 Å². The van der Waals surface area contributed by atoms with Crippen molar-refractivity contribution < 1.29 is 4.79 Å². The number of rotatable bonds is 2. The fourth-order valence-electron chi connectivity index (χ4n) is 1.74. The van der Waals surface area contributed by atoms with E-state index in [9.17, 15) is 4.79 Å². The first-order valence-electron chi connectivity index (χ1n) is 5.36. The summed E-state index contributed by atoms with van der Waals surface area (Å²) in [5, 5.41) is 5.08. The normalized spacial score (nSPS) is 22.7. The van der Waals surface area contributed by atoms with Crippen molar-refractivity contribution in [2.45, 2.75) is 31.7 Å². The Morgan fingerprint density at radius 1 is 1.47 bits per heavy atom. The number of hydrogen-bond acceptors (Lipinski definition) is 2. The predicted molar refractivity (Wildman–Crippen MR) is 63.8 cm³/mol. The molecule has 0 aromatic carbocycles. The summed E-state index contributed by atoms with van der Waals surface area (Å²) in [6.45, 7) is 0. The number of carbonyl (C=O) groups is 1. The van der Waals surface area contributed by atoms with Crippen molar-refractivity contribution in [3.05, 3.63) is 28.5 Å². The lowest BCUT2D eigenvalue weighted by molar-refractivity contribution is -0.121. The van der Waals surface area contributed by atoms with E-state index in [0.29, 0.717) is 6.42 Å². The Labute approximate surface area is 94.0 Å². The van der Waals surface area contributed by atoms with Gasteiger partial charge in [0, 0.05) is 17.3 Å². The van der Waals surface area contributed by atoms with E-state index in [1.54, 1.807) is 11.3 Å². The number of thiophene rings is 1. The van der Waals surface area contributed by atoms with E-state index in [2.05, 4.69) is 28.9 Å². The Bertz CT molecular complexity index is 343. The van der Waals surface area contributed by atoms with Crippen LogP contribution in [0.2, 0.25) is 0 Å². The predicted octanol–water partition coefficient (Wildman–Crippen LogP) is 2.82. The molecule has 1 atom stereocenters. The zero-order chi connectivity index (χ0) is 10.5. The van der Waals surface area contributed by atoms with Crippen LogP contribution in [0, 0.1) is 0 Å². The molecule has 1 N–H and O–H groups in total. The second-order valence-electron chi connectivity index (χ2n) is 3.79. The average molecular weight is 221 g/mol. The second-order valence-corrected chi connectivity index (χ2v) is 4.77. The highest BCUT2D eigenvalue weighted by Gasteiger charge is 2.13. The number of carbonyl (C=O) groups excluding carboxylic acids is 1. The van der Waals surface area contributed by atoms with Gasteiger partial charge in [0.1, 0.15) is 0 Å². The minimum absolute atomic E-state index is 0.188. The zero-order valence-electron chi connectivity index (χ0n) is 8.61. The van der Waals surface area contributed by atoms with Gasteiger partial charge < -0.3 is 5.32 Å². The average Bonchev–Trinajstić information content (AvgIpc) is 2.65. The molecule has 1 aliphatic rings. The number of amides is 1. The highest BCUT2D eigenvalue weighted by Crippen LogP contribution is 2.14. The van der Waals surface area contributed by atoms with E-state index >= 15 is 0 Å². The van der Waals surface area contributed by atoms with Gasteiger partial charge in [-0.2, -0.15) is 0 Å². The Morgan fingerprint density at radius 2 is 2.40 bits per heavy atom. The molecular weight excluding hydrogens is 206 g/mol. The molecule has 80 valence electrons. The minimum atomic E-state index is 0.188. The molecule has 1 saturated heterocycles. The lowest BCUT2D eigenvalue weighted by Gasteiger charge is -2.09. The Morgan fingerprint density at radius 3 is 3.20 bits per heavy atom. The summed E-state index contributed by atoms with van der Waals surface area (Å²) in [6.07, 6.45) is 8.11.